The van der Waals surface area contributed by atoms with Crippen LogP contribution in [0.5, 0.6) is 5.75 Å². The van der Waals surface area contributed by atoms with Crippen molar-refractivity contribution in [1.29, 1.82) is 0 Å². The lowest BCUT2D eigenvalue weighted by atomic mass is 10.2. The molecular weight excluding hydrogens is 243 g/mol. The third-order valence-electron chi connectivity index (χ3n) is 2.00. The normalized spacial score (nSPS) is 13.6. The molecule has 0 spiro atoms. The Hall–Kier alpha value is -0.940. The van der Waals surface area contributed by atoms with Gasteiger partial charge in [0.2, 0.25) is 0 Å². The summed E-state index contributed by atoms with van der Waals surface area (Å²) in [7, 11) is 0. The van der Waals surface area contributed by atoms with Crippen LogP contribution in [0.25, 0.3) is 0 Å². The van der Waals surface area contributed by atoms with E-state index in [4.69, 9.17) is 22.1 Å². The lowest BCUT2D eigenvalue weighted by Gasteiger charge is -2.18. The van der Waals surface area contributed by atoms with Crippen LogP contribution in [0.2, 0.25) is 5.02 Å². The van der Waals surface area contributed by atoms with Crippen molar-refractivity contribution in [3.63, 3.8) is 0 Å². The number of rotatable bonds is 3. The lowest BCUT2D eigenvalue weighted by molar-refractivity contribution is -0.189. The molecule has 0 aliphatic carbocycles. The van der Waals surface area contributed by atoms with Crippen LogP contribution >= 0.6 is 11.6 Å². The minimum absolute atomic E-state index is 0.00342. The van der Waals surface area contributed by atoms with Crippen LogP contribution in [0, 0.1) is 0 Å². The van der Waals surface area contributed by atoms with Crippen molar-refractivity contribution in [2.45, 2.75) is 25.7 Å². The second-order valence-electron chi connectivity index (χ2n) is 3.27. The van der Waals surface area contributed by atoms with E-state index in [1.165, 1.54) is 12.1 Å². The zero-order valence-electron chi connectivity index (χ0n) is 8.51. The van der Waals surface area contributed by atoms with Crippen molar-refractivity contribution in [3.8, 4) is 5.75 Å². The van der Waals surface area contributed by atoms with E-state index in [9.17, 15) is 13.2 Å². The third-order valence-corrected chi connectivity index (χ3v) is 2.29. The maximum Gasteiger partial charge on any atom is 0.425 e. The molecule has 1 atom stereocenters. The summed E-state index contributed by atoms with van der Waals surface area (Å²) in [6, 6.07) is 4.44. The minimum Gasteiger partial charge on any atom is -0.480 e. The zero-order chi connectivity index (χ0) is 12.3. The Kier molecular flexibility index (Phi) is 4.04. The largest absolute Gasteiger partial charge is 0.480 e. The molecule has 0 aliphatic rings. The van der Waals surface area contributed by atoms with Crippen molar-refractivity contribution >= 4 is 11.6 Å². The van der Waals surface area contributed by atoms with Crippen LogP contribution in [0.1, 0.15) is 12.5 Å². The summed E-state index contributed by atoms with van der Waals surface area (Å²) in [5, 5.41) is 0.124. The second-order valence-corrected chi connectivity index (χ2v) is 3.68. The Bertz CT molecular complexity index is 368. The molecule has 90 valence electrons. The van der Waals surface area contributed by atoms with E-state index in [-0.39, 0.29) is 17.3 Å². The first kappa shape index (κ1) is 13.1. The van der Waals surface area contributed by atoms with E-state index in [1.807, 2.05) is 0 Å². The number of hydrogen-bond donors (Lipinski definition) is 1. The van der Waals surface area contributed by atoms with Crippen molar-refractivity contribution in [3.05, 3.63) is 28.8 Å². The number of halogens is 4. The molecule has 6 heteroatoms. The van der Waals surface area contributed by atoms with E-state index < -0.39 is 12.3 Å². The average molecular weight is 254 g/mol. The summed E-state index contributed by atoms with van der Waals surface area (Å²) in [6.45, 7) is 1.20. The Labute approximate surface area is 96.1 Å². The lowest BCUT2D eigenvalue weighted by Crippen LogP contribution is -2.31. The van der Waals surface area contributed by atoms with E-state index in [0.717, 1.165) is 12.5 Å². The van der Waals surface area contributed by atoms with Gasteiger partial charge in [-0.05, 0) is 24.6 Å². The Balaban J connectivity index is 2.82. The summed E-state index contributed by atoms with van der Waals surface area (Å²) in [5.74, 6) is 0.00342. The number of alkyl halides is 3. The van der Waals surface area contributed by atoms with Crippen molar-refractivity contribution < 1.29 is 17.9 Å². The highest BCUT2D eigenvalue weighted by Crippen LogP contribution is 2.30. The van der Waals surface area contributed by atoms with Crippen molar-refractivity contribution in [1.82, 2.24) is 0 Å². The molecule has 16 heavy (non-hydrogen) atoms. The molecule has 1 rings (SSSR count). The van der Waals surface area contributed by atoms with E-state index in [2.05, 4.69) is 0 Å². The first-order valence-electron chi connectivity index (χ1n) is 4.56. The van der Waals surface area contributed by atoms with Crippen LogP contribution in [-0.4, -0.2) is 12.3 Å². The molecule has 0 saturated heterocycles. The maximum absolute atomic E-state index is 12.2. The standard InChI is InChI=1S/C10H11ClF3NO/c1-6(10(12,13)14)16-9-3-2-7(5-15)4-8(9)11/h2-4,6H,5,15H2,1H3. The molecule has 0 amide bonds. The summed E-state index contributed by atoms with van der Waals surface area (Å²) >= 11 is 5.75. The molecule has 0 aromatic heterocycles. The Morgan fingerprint density at radius 3 is 2.50 bits per heavy atom. The summed E-state index contributed by atoms with van der Waals surface area (Å²) in [5.41, 5.74) is 6.09. The number of ether oxygens (including phenoxy) is 1. The van der Waals surface area contributed by atoms with Gasteiger partial charge in [0, 0.05) is 6.54 Å². The van der Waals surface area contributed by atoms with Crippen LogP contribution in [0.15, 0.2) is 18.2 Å². The predicted molar refractivity (Wildman–Crippen MR) is 55.5 cm³/mol. The van der Waals surface area contributed by atoms with Gasteiger partial charge < -0.3 is 10.5 Å². The fourth-order valence-electron chi connectivity index (χ4n) is 1.02. The molecule has 0 radical (unpaired) electrons. The van der Waals surface area contributed by atoms with Crippen LogP contribution < -0.4 is 10.5 Å². The smallest absolute Gasteiger partial charge is 0.425 e. The number of nitrogens with two attached hydrogens (primary N) is 1. The Morgan fingerprint density at radius 2 is 2.06 bits per heavy atom. The highest BCUT2D eigenvalue weighted by molar-refractivity contribution is 6.32. The van der Waals surface area contributed by atoms with Gasteiger partial charge in [-0.15, -0.1) is 0 Å². The van der Waals surface area contributed by atoms with Crippen LogP contribution in [-0.2, 0) is 6.54 Å². The number of benzene rings is 1. The van der Waals surface area contributed by atoms with Gasteiger partial charge >= 0.3 is 6.18 Å². The molecule has 0 saturated carbocycles. The quantitative estimate of drug-likeness (QED) is 0.898. The average Bonchev–Trinajstić information content (AvgIpc) is 2.19. The molecule has 2 N–H and O–H groups in total. The zero-order valence-corrected chi connectivity index (χ0v) is 9.27. The summed E-state index contributed by atoms with van der Waals surface area (Å²) in [6.07, 6.45) is -6.30. The predicted octanol–water partition coefficient (Wildman–Crippen LogP) is 3.13. The molecule has 0 fully saturated rings. The SMILES string of the molecule is CC(Oc1ccc(CN)cc1Cl)C(F)(F)F. The number of hydrogen-bond acceptors (Lipinski definition) is 2. The minimum atomic E-state index is -4.41. The highest BCUT2D eigenvalue weighted by Gasteiger charge is 2.38. The maximum atomic E-state index is 12.2. The van der Waals surface area contributed by atoms with Crippen LogP contribution in [0.3, 0.4) is 0 Å². The molecular formula is C10H11ClF3NO. The molecule has 0 aliphatic heterocycles. The molecule has 0 bridgehead atoms. The first-order valence-corrected chi connectivity index (χ1v) is 4.94. The third kappa shape index (κ3) is 3.28. The molecule has 1 aromatic carbocycles. The molecule has 1 aromatic rings. The first-order chi connectivity index (χ1) is 7.34. The van der Waals surface area contributed by atoms with Gasteiger partial charge in [0.15, 0.2) is 6.10 Å². The summed E-state index contributed by atoms with van der Waals surface area (Å²) < 4.78 is 41.4. The van der Waals surface area contributed by atoms with Gasteiger partial charge in [0.1, 0.15) is 5.75 Å². The molecule has 1 unspecified atom stereocenters. The van der Waals surface area contributed by atoms with Gasteiger partial charge in [0.05, 0.1) is 5.02 Å². The fraction of sp³-hybridized carbons (Fsp3) is 0.400. The van der Waals surface area contributed by atoms with Gasteiger partial charge in [-0.25, -0.2) is 0 Å². The van der Waals surface area contributed by atoms with E-state index in [0.29, 0.717) is 0 Å². The van der Waals surface area contributed by atoms with E-state index in [1.54, 1.807) is 6.07 Å². The van der Waals surface area contributed by atoms with Crippen LogP contribution in [0.4, 0.5) is 13.2 Å². The topological polar surface area (TPSA) is 35.2 Å². The van der Waals surface area contributed by atoms with Crippen molar-refractivity contribution in [2.24, 2.45) is 5.73 Å². The van der Waals surface area contributed by atoms with Gasteiger partial charge in [-0.2, -0.15) is 13.2 Å². The van der Waals surface area contributed by atoms with Gasteiger partial charge in [-0.1, -0.05) is 17.7 Å². The van der Waals surface area contributed by atoms with Gasteiger partial charge in [0.25, 0.3) is 0 Å². The summed E-state index contributed by atoms with van der Waals surface area (Å²) in [4.78, 5) is 0. The monoisotopic (exact) mass is 253 g/mol. The second kappa shape index (κ2) is 4.93. The van der Waals surface area contributed by atoms with Gasteiger partial charge in [-0.3, -0.25) is 0 Å². The van der Waals surface area contributed by atoms with E-state index >= 15 is 0 Å². The molecule has 0 heterocycles. The fourth-order valence-corrected chi connectivity index (χ4v) is 1.27. The van der Waals surface area contributed by atoms with Crippen molar-refractivity contribution in [2.75, 3.05) is 0 Å². The Morgan fingerprint density at radius 1 is 1.44 bits per heavy atom. The highest BCUT2D eigenvalue weighted by atomic mass is 35.5. The molecule has 2 nitrogen and oxygen atoms in total.